The van der Waals surface area contributed by atoms with Gasteiger partial charge in [0.25, 0.3) is 0 Å². The van der Waals surface area contributed by atoms with Gasteiger partial charge in [-0.05, 0) is 0 Å². The van der Waals surface area contributed by atoms with E-state index in [0.717, 1.165) is 4.90 Å². The van der Waals surface area contributed by atoms with Crippen LogP contribution >= 0.6 is 11.8 Å². The quantitative estimate of drug-likeness (QED) is 0.663. The van der Waals surface area contributed by atoms with E-state index in [1.807, 2.05) is 0 Å². The first-order valence-corrected chi connectivity index (χ1v) is 6.72. The third-order valence-corrected chi connectivity index (χ3v) is 3.88. The fraction of sp³-hybridized carbons (Fsp3) is 0.636. The van der Waals surface area contributed by atoms with E-state index in [4.69, 9.17) is 0 Å². The molecule has 1 fully saturated rings. The minimum atomic E-state index is -0.530. The highest BCUT2D eigenvalue weighted by Crippen LogP contribution is 2.25. The average molecular weight is 272 g/mol. The zero-order valence-corrected chi connectivity index (χ0v) is 11.2. The maximum Gasteiger partial charge on any atom is 0.243 e. The Balaban J connectivity index is 2.55. The number of hydrogen-bond acceptors (Lipinski definition) is 5. The van der Waals surface area contributed by atoms with E-state index in [9.17, 15) is 19.2 Å². The normalized spacial score (nSPS) is 19.2. The number of Topliss-reactive ketones (excluding diaryl/α,β-unsaturated/α-hetero) is 1. The topological polar surface area (TPSA) is 83.6 Å². The molecule has 6 nitrogen and oxygen atoms in total. The van der Waals surface area contributed by atoms with Crippen molar-refractivity contribution >= 4 is 35.3 Å². The van der Waals surface area contributed by atoms with Gasteiger partial charge in [-0.15, -0.1) is 11.8 Å². The molecular weight excluding hydrogens is 256 g/mol. The number of imide groups is 1. The smallest absolute Gasteiger partial charge is 0.243 e. The first-order chi connectivity index (χ1) is 8.49. The number of thioether (sulfide) groups is 1. The molecule has 0 aromatic carbocycles. The lowest BCUT2D eigenvalue weighted by atomic mass is 10.3. The van der Waals surface area contributed by atoms with Crippen molar-refractivity contribution in [3.63, 3.8) is 0 Å². The molecule has 0 aromatic rings. The highest BCUT2D eigenvalue weighted by atomic mass is 32.2. The van der Waals surface area contributed by atoms with Crippen molar-refractivity contribution in [1.82, 2.24) is 10.2 Å². The molecule has 0 radical (unpaired) electrons. The van der Waals surface area contributed by atoms with Gasteiger partial charge in [-0.3, -0.25) is 24.1 Å². The Labute approximate surface area is 109 Å². The van der Waals surface area contributed by atoms with Gasteiger partial charge in [0.05, 0.1) is 11.0 Å². The Bertz CT molecular complexity index is 383. The molecule has 1 saturated heterocycles. The van der Waals surface area contributed by atoms with Gasteiger partial charge in [0, 0.05) is 19.9 Å². The summed E-state index contributed by atoms with van der Waals surface area (Å²) in [7, 11) is 1.44. The fourth-order valence-electron chi connectivity index (χ4n) is 1.47. The zero-order chi connectivity index (χ0) is 13.7. The number of rotatable bonds is 6. The molecule has 7 heteroatoms. The summed E-state index contributed by atoms with van der Waals surface area (Å²) >= 11 is 1.17. The van der Waals surface area contributed by atoms with Gasteiger partial charge in [-0.1, -0.05) is 6.92 Å². The van der Waals surface area contributed by atoms with Gasteiger partial charge in [0.1, 0.15) is 12.3 Å². The van der Waals surface area contributed by atoms with Crippen LogP contribution in [0.5, 0.6) is 0 Å². The molecular formula is C11H16N2O4S. The van der Waals surface area contributed by atoms with Gasteiger partial charge in [0.15, 0.2) is 0 Å². The molecule has 0 spiro atoms. The summed E-state index contributed by atoms with van der Waals surface area (Å²) in [5.41, 5.74) is 0. The van der Waals surface area contributed by atoms with Crippen LogP contribution in [0, 0.1) is 0 Å². The van der Waals surface area contributed by atoms with E-state index in [1.165, 1.54) is 18.8 Å². The molecule has 3 amide bonds. The molecule has 1 heterocycles. The van der Waals surface area contributed by atoms with E-state index in [2.05, 4.69) is 5.32 Å². The highest BCUT2D eigenvalue weighted by Gasteiger charge is 2.39. The van der Waals surface area contributed by atoms with Crippen molar-refractivity contribution in [2.75, 3.05) is 19.3 Å². The van der Waals surface area contributed by atoms with Crippen molar-refractivity contribution in [2.45, 2.75) is 25.0 Å². The van der Waals surface area contributed by atoms with Gasteiger partial charge in [0.2, 0.25) is 17.7 Å². The van der Waals surface area contributed by atoms with E-state index < -0.39 is 5.25 Å². The van der Waals surface area contributed by atoms with Crippen LogP contribution in [0.3, 0.4) is 0 Å². The Morgan fingerprint density at radius 3 is 2.67 bits per heavy atom. The van der Waals surface area contributed by atoms with E-state index in [0.29, 0.717) is 6.42 Å². The Kier molecular flexibility index (Phi) is 5.33. The molecule has 1 unspecified atom stereocenters. The minimum absolute atomic E-state index is 0.0463. The fourth-order valence-corrected chi connectivity index (χ4v) is 2.59. The molecule has 1 atom stereocenters. The first-order valence-electron chi connectivity index (χ1n) is 5.67. The van der Waals surface area contributed by atoms with Crippen LogP contribution in [-0.4, -0.2) is 53.0 Å². The average Bonchev–Trinajstić information content (AvgIpc) is 2.63. The molecule has 100 valence electrons. The predicted molar refractivity (Wildman–Crippen MR) is 66.9 cm³/mol. The second kappa shape index (κ2) is 6.53. The van der Waals surface area contributed by atoms with E-state index >= 15 is 0 Å². The molecule has 1 aliphatic heterocycles. The molecule has 1 rings (SSSR count). The number of carbonyl (C=O) groups is 4. The van der Waals surface area contributed by atoms with Crippen LogP contribution < -0.4 is 5.32 Å². The Morgan fingerprint density at radius 1 is 1.44 bits per heavy atom. The third-order valence-electron chi connectivity index (χ3n) is 2.62. The summed E-state index contributed by atoms with van der Waals surface area (Å²) in [6.45, 7) is 1.51. The SMILES string of the molecule is CCC(=O)CSC1CC(=O)N(CC(=O)NC)C1=O. The summed E-state index contributed by atoms with van der Waals surface area (Å²) in [6, 6.07) is 0. The maximum absolute atomic E-state index is 11.9. The number of likely N-dealkylation sites (tertiary alicyclic amines) is 1. The number of carbonyl (C=O) groups excluding carboxylic acids is 4. The van der Waals surface area contributed by atoms with Crippen LogP contribution in [0.1, 0.15) is 19.8 Å². The van der Waals surface area contributed by atoms with Crippen molar-refractivity contribution in [1.29, 1.82) is 0 Å². The predicted octanol–water partition coefficient (Wildman–Crippen LogP) is -0.428. The van der Waals surface area contributed by atoms with Crippen molar-refractivity contribution in [3.8, 4) is 0 Å². The molecule has 1 aliphatic rings. The standard InChI is InChI=1S/C11H16N2O4S/c1-3-7(14)6-18-8-4-10(16)13(11(8)17)5-9(15)12-2/h8H,3-6H2,1-2H3,(H,12,15). The summed E-state index contributed by atoms with van der Waals surface area (Å²) in [5, 5.41) is 1.83. The monoisotopic (exact) mass is 272 g/mol. The zero-order valence-electron chi connectivity index (χ0n) is 10.4. The van der Waals surface area contributed by atoms with E-state index in [-0.39, 0.29) is 42.2 Å². The minimum Gasteiger partial charge on any atom is -0.358 e. The van der Waals surface area contributed by atoms with Crippen LogP contribution in [0.4, 0.5) is 0 Å². The number of hydrogen-bond donors (Lipinski definition) is 1. The van der Waals surface area contributed by atoms with Crippen LogP contribution in [-0.2, 0) is 19.2 Å². The van der Waals surface area contributed by atoms with Crippen LogP contribution in [0.2, 0.25) is 0 Å². The summed E-state index contributed by atoms with van der Waals surface area (Å²) < 4.78 is 0. The van der Waals surface area contributed by atoms with Gasteiger partial charge in [-0.25, -0.2) is 0 Å². The van der Waals surface area contributed by atoms with Crippen LogP contribution in [0.25, 0.3) is 0 Å². The lowest BCUT2D eigenvalue weighted by Gasteiger charge is -2.13. The van der Waals surface area contributed by atoms with Gasteiger partial charge >= 0.3 is 0 Å². The lowest BCUT2D eigenvalue weighted by Crippen LogP contribution is -2.39. The summed E-state index contributed by atoms with van der Waals surface area (Å²) in [4.78, 5) is 46.7. The number of amides is 3. The highest BCUT2D eigenvalue weighted by molar-refractivity contribution is 8.01. The Hall–Kier alpha value is -1.37. The van der Waals surface area contributed by atoms with Crippen molar-refractivity contribution in [2.24, 2.45) is 0 Å². The summed E-state index contributed by atoms with van der Waals surface area (Å²) in [5.74, 6) is -0.840. The molecule has 0 bridgehead atoms. The maximum atomic E-state index is 11.9. The van der Waals surface area contributed by atoms with Crippen LogP contribution in [0.15, 0.2) is 0 Å². The lowest BCUT2D eigenvalue weighted by molar-refractivity contribution is -0.142. The number of nitrogens with one attached hydrogen (secondary N) is 1. The van der Waals surface area contributed by atoms with Gasteiger partial charge < -0.3 is 5.32 Å². The molecule has 18 heavy (non-hydrogen) atoms. The van der Waals surface area contributed by atoms with Crippen molar-refractivity contribution in [3.05, 3.63) is 0 Å². The molecule has 0 aliphatic carbocycles. The van der Waals surface area contributed by atoms with Gasteiger partial charge in [-0.2, -0.15) is 0 Å². The molecule has 1 N–H and O–H groups in total. The molecule has 0 saturated carbocycles. The Morgan fingerprint density at radius 2 is 2.11 bits per heavy atom. The second-order valence-electron chi connectivity index (χ2n) is 3.89. The number of ketones is 1. The third kappa shape index (κ3) is 3.56. The summed E-state index contributed by atoms with van der Waals surface area (Å²) in [6.07, 6.45) is 0.487. The first kappa shape index (κ1) is 14.7. The van der Waals surface area contributed by atoms with Crippen molar-refractivity contribution < 1.29 is 19.2 Å². The molecule has 0 aromatic heterocycles. The number of likely N-dealkylation sites (N-methyl/N-ethyl adjacent to an activating group) is 1. The largest absolute Gasteiger partial charge is 0.358 e. The second-order valence-corrected chi connectivity index (χ2v) is 5.08. The number of nitrogens with zero attached hydrogens (tertiary/aromatic N) is 1. The van der Waals surface area contributed by atoms with E-state index in [1.54, 1.807) is 6.92 Å².